The normalized spacial score (nSPS) is 21.4. The molecule has 0 aliphatic carbocycles. The van der Waals surface area contributed by atoms with Gasteiger partial charge in [-0.05, 0) is 76.1 Å². The molecule has 0 amide bonds. The molecule has 2 fully saturated rings. The molecule has 0 spiro atoms. The summed E-state index contributed by atoms with van der Waals surface area (Å²) in [5.74, 6) is 0.00135. The topological polar surface area (TPSA) is 23.6 Å². The number of rotatable bonds is 5. The van der Waals surface area contributed by atoms with E-state index in [1.165, 1.54) is 44.5 Å². The fourth-order valence-corrected chi connectivity index (χ4v) is 3.73. The SMILES string of the molecule is O=C(c1ccc(F)cc1)C1CCN(CCN2CCCCC2)CC1. The maximum Gasteiger partial charge on any atom is 0.166 e. The Labute approximate surface area is 138 Å². The molecule has 23 heavy (non-hydrogen) atoms. The zero-order valence-corrected chi connectivity index (χ0v) is 13.8. The van der Waals surface area contributed by atoms with Gasteiger partial charge in [0.05, 0.1) is 0 Å². The number of carbonyl (C=O) groups excluding carboxylic acids is 1. The first-order valence-corrected chi connectivity index (χ1v) is 8.97. The Kier molecular flexibility index (Phi) is 5.79. The second-order valence-electron chi connectivity index (χ2n) is 6.89. The van der Waals surface area contributed by atoms with Crippen LogP contribution in [0.1, 0.15) is 42.5 Å². The van der Waals surface area contributed by atoms with Crippen molar-refractivity contribution in [1.29, 1.82) is 0 Å². The molecule has 2 saturated heterocycles. The molecular formula is C19H27FN2O. The van der Waals surface area contributed by atoms with Gasteiger partial charge in [-0.2, -0.15) is 0 Å². The zero-order valence-electron chi connectivity index (χ0n) is 13.8. The summed E-state index contributed by atoms with van der Waals surface area (Å²) < 4.78 is 13.0. The molecule has 0 bridgehead atoms. The molecule has 0 radical (unpaired) electrons. The van der Waals surface area contributed by atoms with E-state index in [0.29, 0.717) is 5.56 Å². The average molecular weight is 318 g/mol. The van der Waals surface area contributed by atoms with Gasteiger partial charge in [-0.1, -0.05) is 6.42 Å². The van der Waals surface area contributed by atoms with E-state index in [9.17, 15) is 9.18 Å². The average Bonchev–Trinajstić information content (AvgIpc) is 2.61. The van der Waals surface area contributed by atoms with Crippen LogP contribution in [0.5, 0.6) is 0 Å². The number of nitrogens with zero attached hydrogens (tertiary/aromatic N) is 2. The van der Waals surface area contributed by atoms with Gasteiger partial charge >= 0.3 is 0 Å². The maximum atomic E-state index is 13.0. The van der Waals surface area contributed by atoms with Crippen LogP contribution < -0.4 is 0 Å². The van der Waals surface area contributed by atoms with Crippen molar-refractivity contribution in [1.82, 2.24) is 9.80 Å². The molecule has 1 aromatic rings. The molecule has 1 aromatic carbocycles. The van der Waals surface area contributed by atoms with Crippen molar-refractivity contribution in [2.75, 3.05) is 39.3 Å². The lowest BCUT2D eigenvalue weighted by molar-refractivity contribution is 0.0825. The minimum Gasteiger partial charge on any atom is -0.302 e. The van der Waals surface area contributed by atoms with Crippen LogP contribution in [-0.4, -0.2) is 54.9 Å². The molecule has 3 rings (SSSR count). The molecule has 2 aliphatic heterocycles. The summed E-state index contributed by atoms with van der Waals surface area (Å²) in [5, 5.41) is 0. The van der Waals surface area contributed by atoms with E-state index >= 15 is 0 Å². The Bertz CT molecular complexity index is 503. The first-order chi connectivity index (χ1) is 11.2. The van der Waals surface area contributed by atoms with E-state index in [0.717, 1.165) is 39.0 Å². The third kappa shape index (κ3) is 4.61. The summed E-state index contributed by atoms with van der Waals surface area (Å²) in [6.45, 7) is 6.80. The highest BCUT2D eigenvalue weighted by Gasteiger charge is 2.26. The van der Waals surface area contributed by atoms with Crippen molar-refractivity contribution in [2.24, 2.45) is 5.92 Å². The lowest BCUT2D eigenvalue weighted by Gasteiger charge is -2.34. The summed E-state index contributed by atoms with van der Waals surface area (Å²) in [6, 6.07) is 5.97. The number of piperidine rings is 2. The number of carbonyl (C=O) groups is 1. The monoisotopic (exact) mass is 318 g/mol. The summed E-state index contributed by atoms with van der Waals surface area (Å²) in [5.41, 5.74) is 0.651. The predicted molar refractivity (Wildman–Crippen MR) is 90.2 cm³/mol. The molecular weight excluding hydrogens is 291 g/mol. The van der Waals surface area contributed by atoms with Crippen LogP contribution in [-0.2, 0) is 0 Å². The number of hydrogen-bond acceptors (Lipinski definition) is 3. The summed E-state index contributed by atoms with van der Waals surface area (Å²) in [6.07, 6.45) is 5.92. The van der Waals surface area contributed by atoms with E-state index in [2.05, 4.69) is 9.80 Å². The highest BCUT2D eigenvalue weighted by Crippen LogP contribution is 2.22. The number of halogens is 1. The Morgan fingerprint density at radius 3 is 2.09 bits per heavy atom. The highest BCUT2D eigenvalue weighted by atomic mass is 19.1. The van der Waals surface area contributed by atoms with Gasteiger partial charge in [0.15, 0.2) is 5.78 Å². The molecule has 2 aliphatic rings. The third-order valence-electron chi connectivity index (χ3n) is 5.27. The Balaban J connectivity index is 1.42. The highest BCUT2D eigenvalue weighted by molar-refractivity contribution is 5.97. The van der Waals surface area contributed by atoms with Crippen LogP contribution in [0.3, 0.4) is 0 Å². The van der Waals surface area contributed by atoms with Gasteiger partial charge < -0.3 is 9.80 Å². The van der Waals surface area contributed by atoms with Crippen LogP contribution in [0, 0.1) is 11.7 Å². The van der Waals surface area contributed by atoms with Crippen molar-refractivity contribution in [3.63, 3.8) is 0 Å². The quantitative estimate of drug-likeness (QED) is 0.779. The first kappa shape index (κ1) is 16.6. The number of Topliss-reactive ketones (excluding diaryl/α,β-unsaturated/α-hetero) is 1. The maximum absolute atomic E-state index is 13.0. The number of likely N-dealkylation sites (tertiary alicyclic amines) is 2. The lowest BCUT2D eigenvalue weighted by Crippen LogP contribution is -2.42. The van der Waals surface area contributed by atoms with E-state index in [1.54, 1.807) is 12.1 Å². The van der Waals surface area contributed by atoms with E-state index in [-0.39, 0.29) is 17.5 Å². The van der Waals surface area contributed by atoms with Crippen LogP contribution in [0.25, 0.3) is 0 Å². The third-order valence-corrected chi connectivity index (χ3v) is 5.27. The molecule has 4 heteroatoms. The standard InChI is InChI=1S/C19H27FN2O/c20-18-6-4-16(5-7-18)19(23)17-8-12-22(13-9-17)15-14-21-10-2-1-3-11-21/h4-7,17H,1-3,8-15H2. The lowest BCUT2D eigenvalue weighted by atomic mass is 9.89. The van der Waals surface area contributed by atoms with Gasteiger partial charge in [0.25, 0.3) is 0 Å². The number of ketones is 1. The molecule has 0 aromatic heterocycles. The smallest absolute Gasteiger partial charge is 0.166 e. The van der Waals surface area contributed by atoms with Crippen LogP contribution in [0.15, 0.2) is 24.3 Å². The Morgan fingerprint density at radius 2 is 1.48 bits per heavy atom. The van der Waals surface area contributed by atoms with Crippen LogP contribution in [0.2, 0.25) is 0 Å². The minimum absolute atomic E-state index is 0.103. The van der Waals surface area contributed by atoms with Gasteiger partial charge in [-0.25, -0.2) is 4.39 Å². The Morgan fingerprint density at radius 1 is 0.913 bits per heavy atom. The summed E-state index contributed by atoms with van der Waals surface area (Å²) in [4.78, 5) is 17.5. The van der Waals surface area contributed by atoms with Crippen molar-refractivity contribution in [3.05, 3.63) is 35.6 Å². The fourth-order valence-electron chi connectivity index (χ4n) is 3.73. The van der Waals surface area contributed by atoms with Crippen LogP contribution >= 0.6 is 0 Å². The summed E-state index contributed by atoms with van der Waals surface area (Å²) >= 11 is 0. The van der Waals surface area contributed by atoms with Gasteiger partial charge in [0.1, 0.15) is 5.82 Å². The molecule has 0 saturated carbocycles. The number of benzene rings is 1. The second-order valence-corrected chi connectivity index (χ2v) is 6.89. The van der Waals surface area contributed by atoms with E-state index in [1.807, 2.05) is 0 Å². The molecule has 2 heterocycles. The molecule has 3 nitrogen and oxygen atoms in total. The van der Waals surface area contributed by atoms with Gasteiger partial charge in [-0.3, -0.25) is 4.79 Å². The van der Waals surface area contributed by atoms with E-state index in [4.69, 9.17) is 0 Å². The zero-order chi connectivity index (χ0) is 16.1. The van der Waals surface area contributed by atoms with Crippen LogP contribution in [0.4, 0.5) is 4.39 Å². The van der Waals surface area contributed by atoms with Crippen molar-refractivity contribution in [2.45, 2.75) is 32.1 Å². The Hall–Kier alpha value is -1.26. The van der Waals surface area contributed by atoms with E-state index < -0.39 is 0 Å². The van der Waals surface area contributed by atoms with Gasteiger partial charge in [-0.15, -0.1) is 0 Å². The molecule has 126 valence electrons. The molecule has 0 N–H and O–H groups in total. The summed E-state index contributed by atoms with van der Waals surface area (Å²) in [7, 11) is 0. The van der Waals surface area contributed by atoms with Crippen molar-refractivity contribution < 1.29 is 9.18 Å². The largest absolute Gasteiger partial charge is 0.302 e. The van der Waals surface area contributed by atoms with Gasteiger partial charge in [0, 0.05) is 24.6 Å². The van der Waals surface area contributed by atoms with Crippen molar-refractivity contribution >= 4 is 5.78 Å². The minimum atomic E-state index is -0.283. The van der Waals surface area contributed by atoms with Gasteiger partial charge in [0.2, 0.25) is 0 Å². The fraction of sp³-hybridized carbons (Fsp3) is 0.632. The number of hydrogen-bond donors (Lipinski definition) is 0. The molecule has 0 unspecified atom stereocenters. The predicted octanol–water partition coefficient (Wildman–Crippen LogP) is 3.21. The molecule has 0 atom stereocenters. The van der Waals surface area contributed by atoms with Crippen molar-refractivity contribution in [3.8, 4) is 0 Å². The first-order valence-electron chi connectivity index (χ1n) is 8.97. The second kappa shape index (κ2) is 8.02.